The quantitative estimate of drug-likeness (QED) is 0.529. The standard InChI is InChI=1S/C20H14ClIN4O/c1-10-2-3-24-8-15(10)14-4-11-6-17(25-9-16(11)18(21)19(14)22)26-20(27)13-5-12(13)7-23/h2-4,6,8-9,12-13H,5H2,1H3,(H,25,26,27). The fraction of sp³-hybridized carbons (Fsp3) is 0.200. The van der Waals surface area contributed by atoms with Gasteiger partial charge in [0, 0.05) is 33.1 Å². The van der Waals surface area contributed by atoms with Gasteiger partial charge in [0.15, 0.2) is 0 Å². The molecule has 2 atom stereocenters. The Hall–Kier alpha value is -2.24. The number of benzene rings is 1. The van der Waals surface area contributed by atoms with Crippen LogP contribution in [0, 0.1) is 33.7 Å². The second-order valence-corrected chi connectivity index (χ2v) is 8.06. The van der Waals surface area contributed by atoms with Crippen LogP contribution in [0.1, 0.15) is 12.0 Å². The van der Waals surface area contributed by atoms with Crippen molar-refractivity contribution in [3.63, 3.8) is 0 Å². The largest absolute Gasteiger partial charge is 0.310 e. The average molecular weight is 489 g/mol. The number of halogens is 2. The van der Waals surface area contributed by atoms with Crippen molar-refractivity contribution in [1.82, 2.24) is 9.97 Å². The third-order valence-electron chi connectivity index (χ3n) is 4.77. The van der Waals surface area contributed by atoms with E-state index < -0.39 is 0 Å². The number of nitrogens with one attached hydrogen (secondary N) is 1. The first-order valence-electron chi connectivity index (χ1n) is 8.39. The van der Waals surface area contributed by atoms with Crippen LogP contribution < -0.4 is 5.32 Å². The van der Waals surface area contributed by atoms with E-state index in [0.29, 0.717) is 17.3 Å². The van der Waals surface area contributed by atoms with Crippen LogP contribution in [-0.2, 0) is 4.79 Å². The molecule has 134 valence electrons. The Labute approximate surface area is 174 Å². The Morgan fingerprint density at radius 3 is 2.89 bits per heavy atom. The highest BCUT2D eigenvalue weighted by Crippen LogP contribution is 2.40. The summed E-state index contributed by atoms with van der Waals surface area (Å²) in [6.07, 6.45) is 5.88. The second-order valence-electron chi connectivity index (χ2n) is 6.60. The zero-order valence-corrected chi connectivity index (χ0v) is 17.2. The Balaban J connectivity index is 1.75. The number of amides is 1. The van der Waals surface area contributed by atoms with Crippen LogP contribution in [0.15, 0.2) is 36.8 Å². The molecule has 2 aromatic heterocycles. The number of carbonyl (C=O) groups excluding carboxylic acids is 1. The van der Waals surface area contributed by atoms with Gasteiger partial charge in [0.2, 0.25) is 5.91 Å². The summed E-state index contributed by atoms with van der Waals surface area (Å²) in [4.78, 5) is 20.7. The molecule has 1 N–H and O–H groups in total. The van der Waals surface area contributed by atoms with Crippen LogP contribution in [0.5, 0.6) is 0 Å². The minimum Gasteiger partial charge on any atom is -0.310 e. The van der Waals surface area contributed by atoms with Crippen LogP contribution in [0.3, 0.4) is 0 Å². The number of nitriles is 1. The van der Waals surface area contributed by atoms with Gasteiger partial charge >= 0.3 is 0 Å². The monoisotopic (exact) mass is 488 g/mol. The highest BCUT2D eigenvalue weighted by Gasteiger charge is 2.43. The Bertz CT molecular complexity index is 1120. The summed E-state index contributed by atoms with van der Waals surface area (Å²) in [5.74, 6) is -0.112. The third-order valence-corrected chi connectivity index (χ3v) is 6.61. The van der Waals surface area contributed by atoms with Gasteiger partial charge in [-0.25, -0.2) is 4.98 Å². The topological polar surface area (TPSA) is 78.7 Å². The molecule has 2 heterocycles. The summed E-state index contributed by atoms with van der Waals surface area (Å²) in [6, 6.07) is 7.94. The van der Waals surface area contributed by atoms with Crippen molar-refractivity contribution in [1.29, 1.82) is 5.26 Å². The van der Waals surface area contributed by atoms with Gasteiger partial charge in [0.05, 0.1) is 22.9 Å². The van der Waals surface area contributed by atoms with Crippen molar-refractivity contribution >= 4 is 56.7 Å². The zero-order chi connectivity index (χ0) is 19.1. The Morgan fingerprint density at radius 2 is 2.19 bits per heavy atom. The predicted octanol–water partition coefficient (Wildman–Crippen LogP) is 4.96. The molecule has 1 saturated carbocycles. The maximum Gasteiger partial charge on any atom is 0.230 e. The maximum absolute atomic E-state index is 12.2. The molecule has 27 heavy (non-hydrogen) atoms. The molecule has 3 aromatic rings. The Morgan fingerprint density at radius 1 is 1.37 bits per heavy atom. The highest BCUT2D eigenvalue weighted by atomic mass is 127. The molecule has 5 nitrogen and oxygen atoms in total. The SMILES string of the molecule is Cc1ccncc1-c1cc2cc(NC(=O)C3CC3C#N)ncc2c(Cl)c1I. The first-order chi connectivity index (χ1) is 13.0. The van der Waals surface area contributed by atoms with E-state index in [2.05, 4.69) is 43.9 Å². The van der Waals surface area contributed by atoms with Gasteiger partial charge in [-0.05, 0) is 70.6 Å². The molecular formula is C20H14ClIN4O. The van der Waals surface area contributed by atoms with Gasteiger partial charge in [0.1, 0.15) is 5.82 Å². The van der Waals surface area contributed by atoms with Crippen molar-refractivity contribution in [2.75, 3.05) is 5.32 Å². The van der Waals surface area contributed by atoms with Crippen molar-refractivity contribution in [2.24, 2.45) is 11.8 Å². The molecule has 0 radical (unpaired) electrons. The number of anilines is 1. The van der Waals surface area contributed by atoms with Crippen molar-refractivity contribution in [2.45, 2.75) is 13.3 Å². The lowest BCUT2D eigenvalue weighted by Gasteiger charge is -2.13. The second kappa shape index (κ2) is 7.06. The van der Waals surface area contributed by atoms with Gasteiger partial charge in [0.25, 0.3) is 0 Å². The number of hydrogen-bond donors (Lipinski definition) is 1. The van der Waals surface area contributed by atoms with Crippen molar-refractivity contribution in [3.05, 3.63) is 50.9 Å². The fourth-order valence-electron chi connectivity index (χ4n) is 3.09. The summed E-state index contributed by atoms with van der Waals surface area (Å²) >= 11 is 8.84. The molecule has 0 saturated heterocycles. The molecule has 1 amide bonds. The van der Waals surface area contributed by atoms with Gasteiger partial charge in [-0.1, -0.05) is 11.6 Å². The van der Waals surface area contributed by atoms with E-state index in [0.717, 1.165) is 31.0 Å². The van der Waals surface area contributed by atoms with E-state index in [1.807, 2.05) is 31.3 Å². The normalized spacial score (nSPS) is 18.1. The molecule has 1 aromatic carbocycles. The summed E-state index contributed by atoms with van der Waals surface area (Å²) in [5.41, 5.74) is 3.12. The van der Waals surface area contributed by atoms with Crippen molar-refractivity contribution in [3.8, 4) is 17.2 Å². The maximum atomic E-state index is 12.2. The van der Waals surface area contributed by atoms with E-state index in [9.17, 15) is 4.79 Å². The molecule has 1 aliphatic rings. The molecule has 1 fully saturated rings. The minimum absolute atomic E-state index is 0.159. The first-order valence-corrected chi connectivity index (χ1v) is 9.84. The summed E-state index contributed by atoms with van der Waals surface area (Å²) < 4.78 is 0.936. The zero-order valence-electron chi connectivity index (χ0n) is 14.3. The molecule has 2 unspecified atom stereocenters. The third kappa shape index (κ3) is 3.37. The number of hydrogen-bond acceptors (Lipinski definition) is 4. The highest BCUT2D eigenvalue weighted by molar-refractivity contribution is 14.1. The van der Waals surface area contributed by atoms with Gasteiger partial charge in [-0.15, -0.1) is 0 Å². The van der Waals surface area contributed by atoms with Crippen LogP contribution in [-0.4, -0.2) is 15.9 Å². The smallest absolute Gasteiger partial charge is 0.230 e. The molecule has 0 bridgehead atoms. The minimum atomic E-state index is -0.235. The summed E-state index contributed by atoms with van der Waals surface area (Å²) in [7, 11) is 0. The lowest BCUT2D eigenvalue weighted by Crippen LogP contribution is -2.15. The van der Waals surface area contributed by atoms with Crippen LogP contribution in [0.25, 0.3) is 21.9 Å². The number of aromatic nitrogens is 2. The fourth-order valence-corrected chi connectivity index (χ4v) is 4.08. The number of pyridine rings is 2. The lowest BCUT2D eigenvalue weighted by atomic mass is 10.00. The molecule has 1 aliphatic carbocycles. The van der Waals surface area contributed by atoms with Gasteiger partial charge in [-0.2, -0.15) is 5.26 Å². The number of nitrogens with zero attached hydrogens (tertiary/aromatic N) is 3. The average Bonchev–Trinajstić information content (AvgIpc) is 3.45. The van der Waals surface area contributed by atoms with E-state index in [1.54, 1.807) is 12.4 Å². The molecular weight excluding hydrogens is 475 g/mol. The predicted molar refractivity (Wildman–Crippen MR) is 113 cm³/mol. The molecule has 7 heteroatoms. The van der Waals surface area contributed by atoms with E-state index in [4.69, 9.17) is 16.9 Å². The van der Waals surface area contributed by atoms with Crippen LogP contribution in [0.2, 0.25) is 5.02 Å². The number of fused-ring (bicyclic) bond motifs is 1. The molecule has 0 aliphatic heterocycles. The lowest BCUT2D eigenvalue weighted by molar-refractivity contribution is -0.117. The number of aryl methyl sites for hydroxylation is 1. The Kier molecular flexibility index (Phi) is 4.74. The molecule has 0 spiro atoms. The summed E-state index contributed by atoms with van der Waals surface area (Å²) in [5, 5.41) is 14.0. The summed E-state index contributed by atoms with van der Waals surface area (Å²) in [6.45, 7) is 2.03. The van der Waals surface area contributed by atoms with Crippen molar-refractivity contribution < 1.29 is 4.79 Å². The van der Waals surface area contributed by atoms with E-state index >= 15 is 0 Å². The number of carbonyl (C=O) groups is 1. The van der Waals surface area contributed by atoms with Gasteiger partial charge < -0.3 is 5.32 Å². The first kappa shape index (κ1) is 18.1. The van der Waals surface area contributed by atoms with Crippen LogP contribution >= 0.6 is 34.2 Å². The van der Waals surface area contributed by atoms with Gasteiger partial charge in [-0.3, -0.25) is 9.78 Å². The number of rotatable bonds is 3. The molecule has 4 rings (SSSR count). The van der Waals surface area contributed by atoms with E-state index in [-0.39, 0.29) is 17.7 Å². The van der Waals surface area contributed by atoms with Crippen LogP contribution in [0.4, 0.5) is 5.82 Å². The van der Waals surface area contributed by atoms with E-state index in [1.165, 1.54) is 0 Å².